The number of fused-ring (bicyclic) bond motifs is 19. The molecule has 0 bridgehead atoms. The molecule has 2 nitrogen and oxygen atoms in total. The minimum absolute atomic E-state index is 0.449. The Balaban J connectivity index is 1.04. The van der Waals surface area contributed by atoms with Gasteiger partial charge in [-0.05, 0) is 143 Å². The maximum atomic E-state index is 6.23. The first-order chi connectivity index (χ1) is 31.7. The minimum atomic E-state index is -0.449. The van der Waals surface area contributed by atoms with Crippen molar-refractivity contribution in [2.75, 3.05) is 4.90 Å². The Labute approximate surface area is 370 Å². The molecule has 0 radical (unpaired) electrons. The molecule has 11 aromatic carbocycles. The maximum Gasteiger partial charge on any atom is 0.135 e. The second-order valence-electron chi connectivity index (χ2n) is 17.6. The number of hydrogen-bond donors (Lipinski definition) is 0. The first-order valence-corrected chi connectivity index (χ1v) is 22.3. The number of anilines is 3. The summed E-state index contributed by atoms with van der Waals surface area (Å²) in [6, 6.07) is 81.0. The molecule has 1 spiro atoms. The van der Waals surface area contributed by atoms with E-state index in [1.807, 2.05) is 12.1 Å². The van der Waals surface area contributed by atoms with Crippen LogP contribution in [-0.4, -0.2) is 0 Å². The van der Waals surface area contributed by atoms with E-state index in [0.717, 1.165) is 39.0 Å². The SMILES string of the molecule is Cc1cc(N(c2ccc3c4ccccc4c4ccccc4c3c2)c2cccc3c2-c2ccccc2C32c3ccccc3-c3ccccc32)ccc1-c1ccc2oc3ccccc3c2c1. The Kier molecular flexibility index (Phi) is 7.28. The van der Waals surface area contributed by atoms with Crippen molar-refractivity contribution in [3.8, 4) is 33.4 Å². The fourth-order valence-corrected chi connectivity index (χ4v) is 11.8. The van der Waals surface area contributed by atoms with Crippen LogP contribution in [0.1, 0.15) is 27.8 Å². The Bertz CT molecular complexity index is 3860. The van der Waals surface area contributed by atoms with Crippen molar-refractivity contribution in [1.29, 1.82) is 0 Å². The van der Waals surface area contributed by atoms with Crippen LogP contribution >= 0.6 is 0 Å². The van der Waals surface area contributed by atoms with Gasteiger partial charge in [-0.1, -0.05) is 170 Å². The zero-order chi connectivity index (χ0) is 42.1. The summed E-state index contributed by atoms with van der Waals surface area (Å²) in [7, 11) is 0. The maximum absolute atomic E-state index is 6.23. The van der Waals surface area contributed by atoms with Crippen molar-refractivity contribution in [2.24, 2.45) is 0 Å². The summed E-state index contributed by atoms with van der Waals surface area (Å²) in [6.07, 6.45) is 0. The smallest absolute Gasteiger partial charge is 0.135 e. The van der Waals surface area contributed by atoms with Crippen LogP contribution in [0.5, 0.6) is 0 Å². The molecule has 0 saturated heterocycles. The molecular formula is C62H39NO. The van der Waals surface area contributed by atoms with Gasteiger partial charge in [-0.15, -0.1) is 0 Å². The number of furan rings is 1. The number of nitrogens with zero attached hydrogens (tertiary/aromatic N) is 1. The zero-order valence-corrected chi connectivity index (χ0v) is 35.1. The first-order valence-electron chi connectivity index (χ1n) is 22.3. The van der Waals surface area contributed by atoms with Crippen LogP contribution in [0.4, 0.5) is 17.1 Å². The van der Waals surface area contributed by atoms with Crippen molar-refractivity contribution in [3.63, 3.8) is 0 Å². The molecule has 0 unspecified atom stereocenters. The molecule has 2 aliphatic carbocycles. The summed E-state index contributed by atoms with van der Waals surface area (Å²) in [6.45, 7) is 2.25. The largest absolute Gasteiger partial charge is 0.456 e. The van der Waals surface area contributed by atoms with Gasteiger partial charge in [0.2, 0.25) is 0 Å². The lowest BCUT2D eigenvalue weighted by Crippen LogP contribution is -2.26. The third kappa shape index (κ3) is 4.69. The van der Waals surface area contributed by atoms with E-state index >= 15 is 0 Å². The van der Waals surface area contributed by atoms with Crippen LogP contribution in [0.25, 0.3) is 87.6 Å². The summed E-state index contributed by atoms with van der Waals surface area (Å²) in [4.78, 5) is 2.52. The van der Waals surface area contributed by atoms with E-state index in [2.05, 4.69) is 218 Å². The predicted molar refractivity (Wildman–Crippen MR) is 267 cm³/mol. The van der Waals surface area contributed by atoms with Crippen LogP contribution in [0.2, 0.25) is 0 Å². The lowest BCUT2D eigenvalue weighted by Gasteiger charge is -2.32. The summed E-state index contributed by atoms with van der Waals surface area (Å²) >= 11 is 0. The molecule has 0 saturated carbocycles. The van der Waals surface area contributed by atoms with E-state index in [0.29, 0.717) is 0 Å². The molecule has 12 aromatic rings. The highest BCUT2D eigenvalue weighted by Gasteiger charge is 2.52. The average molecular weight is 814 g/mol. The van der Waals surface area contributed by atoms with E-state index in [-0.39, 0.29) is 0 Å². The van der Waals surface area contributed by atoms with E-state index in [1.165, 1.54) is 93.5 Å². The van der Waals surface area contributed by atoms with Gasteiger partial charge in [0.25, 0.3) is 0 Å². The zero-order valence-electron chi connectivity index (χ0n) is 35.1. The Morgan fingerprint density at radius 1 is 0.344 bits per heavy atom. The monoisotopic (exact) mass is 813 g/mol. The fraction of sp³-hybridized carbons (Fsp3) is 0.0323. The van der Waals surface area contributed by atoms with Crippen LogP contribution < -0.4 is 4.90 Å². The summed E-state index contributed by atoms with van der Waals surface area (Å²) in [5.41, 5.74) is 18.8. The van der Waals surface area contributed by atoms with Gasteiger partial charge in [-0.2, -0.15) is 0 Å². The highest BCUT2D eigenvalue weighted by Crippen LogP contribution is 2.64. The van der Waals surface area contributed by atoms with Crippen LogP contribution in [0, 0.1) is 6.92 Å². The summed E-state index contributed by atoms with van der Waals surface area (Å²) in [5, 5.41) is 9.86. The summed E-state index contributed by atoms with van der Waals surface area (Å²) < 4.78 is 6.23. The van der Waals surface area contributed by atoms with Gasteiger partial charge in [0, 0.05) is 27.7 Å². The number of benzene rings is 11. The molecule has 298 valence electrons. The van der Waals surface area contributed by atoms with Crippen molar-refractivity contribution < 1.29 is 4.42 Å². The van der Waals surface area contributed by atoms with Crippen LogP contribution in [0.15, 0.2) is 223 Å². The van der Waals surface area contributed by atoms with Gasteiger partial charge in [-0.3, -0.25) is 0 Å². The second-order valence-corrected chi connectivity index (χ2v) is 17.6. The molecular weight excluding hydrogens is 775 g/mol. The lowest BCUT2D eigenvalue weighted by molar-refractivity contribution is 0.669. The van der Waals surface area contributed by atoms with Gasteiger partial charge in [0.1, 0.15) is 11.2 Å². The van der Waals surface area contributed by atoms with Crippen molar-refractivity contribution in [1.82, 2.24) is 0 Å². The topological polar surface area (TPSA) is 16.4 Å². The Morgan fingerprint density at radius 3 is 1.55 bits per heavy atom. The Morgan fingerprint density at radius 2 is 0.859 bits per heavy atom. The second kappa shape index (κ2) is 13.2. The third-order valence-corrected chi connectivity index (χ3v) is 14.4. The molecule has 1 heterocycles. The standard InChI is InChI=1S/C62H39NO/c1-38-35-40(30-32-42(38)39-29-34-60-53(36-39)50-21-9-13-28-59(50)64-60)63(41-31-33-47-45-17-3-2-15-43(45)44-16-4-5-18-46(44)52(47)37-41)58-27-14-26-57-61(58)51-22-8-12-25-56(51)62(57)54-23-10-6-19-48(54)49-20-7-11-24-55(49)62/h2-37H,1H3. The van der Waals surface area contributed by atoms with E-state index in [4.69, 9.17) is 4.42 Å². The molecule has 0 N–H and O–H groups in total. The van der Waals surface area contributed by atoms with Crippen molar-refractivity contribution in [2.45, 2.75) is 12.3 Å². The number of rotatable bonds is 4. The molecule has 0 amide bonds. The molecule has 2 heteroatoms. The number of para-hydroxylation sites is 1. The highest BCUT2D eigenvalue weighted by atomic mass is 16.3. The highest BCUT2D eigenvalue weighted by molar-refractivity contribution is 6.26. The lowest BCUT2D eigenvalue weighted by atomic mass is 9.70. The number of hydrogen-bond acceptors (Lipinski definition) is 2. The van der Waals surface area contributed by atoms with Gasteiger partial charge in [0.15, 0.2) is 0 Å². The van der Waals surface area contributed by atoms with Gasteiger partial charge in [-0.25, -0.2) is 0 Å². The predicted octanol–water partition coefficient (Wildman–Crippen LogP) is 16.8. The normalized spacial score (nSPS) is 13.2. The molecule has 64 heavy (non-hydrogen) atoms. The Hall–Kier alpha value is -8.20. The van der Waals surface area contributed by atoms with Crippen LogP contribution in [-0.2, 0) is 5.41 Å². The molecule has 14 rings (SSSR count). The molecule has 0 aliphatic heterocycles. The molecule has 0 atom stereocenters. The molecule has 0 fully saturated rings. The van der Waals surface area contributed by atoms with Gasteiger partial charge in [0.05, 0.1) is 11.1 Å². The van der Waals surface area contributed by atoms with Crippen LogP contribution in [0.3, 0.4) is 0 Å². The fourth-order valence-electron chi connectivity index (χ4n) is 11.8. The first kappa shape index (κ1) is 35.4. The van der Waals surface area contributed by atoms with Gasteiger partial charge >= 0.3 is 0 Å². The van der Waals surface area contributed by atoms with E-state index in [9.17, 15) is 0 Å². The molecule has 2 aliphatic rings. The van der Waals surface area contributed by atoms with E-state index < -0.39 is 5.41 Å². The average Bonchev–Trinajstić information content (AvgIpc) is 3.98. The van der Waals surface area contributed by atoms with E-state index in [1.54, 1.807) is 0 Å². The minimum Gasteiger partial charge on any atom is -0.456 e. The van der Waals surface area contributed by atoms with Crippen molar-refractivity contribution in [3.05, 3.63) is 246 Å². The van der Waals surface area contributed by atoms with Crippen molar-refractivity contribution >= 4 is 71.3 Å². The number of aryl methyl sites for hydroxylation is 1. The quantitative estimate of drug-likeness (QED) is 0.165. The molecule has 1 aromatic heterocycles. The van der Waals surface area contributed by atoms with Gasteiger partial charge < -0.3 is 9.32 Å². The third-order valence-electron chi connectivity index (χ3n) is 14.4. The summed E-state index contributed by atoms with van der Waals surface area (Å²) in [5.74, 6) is 0.